The van der Waals surface area contributed by atoms with Gasteiger partial charge in [0.15, 0.2) is 0 Å². The fourth-order valence-corrected chi connectivity index (χ4v) is 2.83. The van der Waals surface area contributed by atoms with Crippen LogP contribution in [0.4, 0.5) is 5.69 Å². The largest absolute Gasteiger partial charge is 0.508 e. The summed E-state index contributed by atoms with van der Waals surface area (Å²) >= 11 is 12.0. The van der Waals surface area contributed by atoms with Crippen molar-refractivity contribution in [3.63, 3.8) is 0 Å². The number of carbonyl (C=O) groups is 1. The molecule has 0 saturated carbocycles. The molecule has 6 N–H and O–H groups in total. The van der Waals surface area contributed by atoms with Gasteiger partial charge in [0.1, 0.15) is 5.75 Å². The lowest BCUT2D eigenvalue weighted by Gasteiger charge is -2.21. The molecule has 0 aliphatic carbocycles. The van der Waals surface area contributed by atoms with Gasteiger partial charge in [-0.3, -0.25) is 4.79 Å². The second kappa shape index (κ2) is 11.0. The van der Waals surface area contributed by atoms with Crippen LogP contribution in [0.25, 0.3) is 0 Å². The van der Waals surface area contributed by atoms with Crippen LogP contribution in [0, 0.1) is 0 Å². The predicted octanol–water partition coefficient (Wildman–Crippen LogP) is 3.63. The monoisotopic (exact) mass is 414 g/mol. The number of aliphatic hydroxyl groups is 1. The Balaban J connectivity index is 0.000000828. The molecule has 2 atom stereocenters. The van der Waals surface area contributed by atoms with Gasteiger partial charge in [-0.25, -0.2) is 0 Å². The van der Waals surface area contributed by atoms with Crippen LogP contribution in [-0.4, -0.2) is 33.9 Å². The molecule has 0 saturated heterocycles. The lowest BCUT2D eigenvalue weighted by Crippen LogP contribution is -2.33. The number of nitrogens with two attached hydrogens (primary N) is 1. The molecule has 0 unspecified atom stereocenters. The van der Waals surface area contributed by atoms with Gasteiger partial charge in [0, 0.05) is 13.0 Å². The molecule has 0 bridgehead atoms. The summed E-state index contributed by atoms with van der Waals surface area (Å²) in [5.74, 6) is -0.654. The van der Waals surface area contributed by atoms with Crippen molar-refractivity contribution >= 4 is 34.9 Å². The number of anilines is 1. The second-order valence-electron chi connectivity index (χ2n) is 6.02. The zero-order valence-electron chi connectivity index (χ0n) is 15.1. The number of nitrogens with one attached hydrogen (secondary N) is 1. The number of carboxylic acids is 1. The summed E-state index contributed by atoms with van der Waals surface area (Å²) in [6.45, 7) is 3.65. The first-order valence-electron chi connectivity index (χ1n) is 8.25. The van der Waals surface area contributed by atoms with Crippen molar-refractivity contribution in [2.45, 2.75) is 32.4 Å². The van der Waals surface area contributed by atoms with E-state index in [4.69, 9.17) is 38.8 Å². The van der Waals surface area contributed by atoms with E-state index in [0.29, 0.717) is 28.7 Å². The number of rotatable bonds is 6. The van der Waals surface area contributed by atoms with E-state index in [0.717, 1.165) is 18.1 Å². The molecule has 2 rings (SSSR count). The van der Waals surface area contributed by atoms with Crippen LogP contribution in [0.3, 0.4) is 0 Å². The van der Waals surface area contributed by atoms with Gasteiger partial charge in [-0.2, -0.15) is 0 Å². The van der Waals surface area contributed by atoms with Gasteiger partial charge >= 0.3 is 0 Å². The van der Waals surface area contributed by atoms with Crippen LogP contribution in [0.1, 0.15) is 31.1 Å². The van der Waals surface area contributed by atoms with Crippen LogP contribution in [0.2, 0.25) is 10.0 Å². The molecule has 148 valence electrons. The Labute approximate surface area is 168 Å². The topological polar surface area (TPSA) is 116 Å². The molecule has 2 aromatic rings. The molecule has 0 amide bonds. The number of hydrogen-bond acceptors (Lipinski definition) is 5. The Bertz CT molecular complexity index is 727. The average molecular weight is 415 g/mol. The average Bonchev–Trinajstić information content (AvgIpc) is 2.59. The Kier molecular flexibility index (Phi) is 9.38. The van der Waals surface area contributed by atoms with Gasteiger partial charge in [-0.15, -0.1) is 0 Å². The zero-order valence-corrected chi connectivity index (χ0v) is 16.6. The molecule has 27 heavy (non-hydrogen) atoms. The first-order chi connectivity index (χ1) is 12.6. The van der Waals surface area contributed by atoms with Gasteiger partial charge in [-0.1, -0.05) is 35.3 Å². The molecule has 0 aliphatic heterocycles. The van der Waals surface area contributed by atoms with Crippen LogP contribution in [0.15, 0.2) is 36.4 Å². The Morgan fingerprint density at radius 1 is 1.19 bits per heavy atom. The Morgan fingerprint density at radius 3 is 2.15 bits per heavy atom. The number of hydrogen-bond donors (Lipinski definition) is 5. The van der Waals surface area contributed by atoms with E-state index in [1.54, 1.807) is 36.4 Å². The highest BCUT2D eigenvalue weighted by Crippen LogP contribution is 2.29. The van der Waals surface area contributed by atoms with E-state index in [1.165, 1.54) is 0 Å². The summed E-state index contributed by atoms with van der Waals surface area (Å²) in [7, 11) is 0. The molecule has 8 heteroatoms. The van der Waals surface area contributed by atoms with Crippen LogP contribution >= 0.6 is 23.2 Å². The van der Waals surface area contributed by atoms with Crippen molar-refractivity contribution in [2.24, 2.45) is 0 Å². The minimum atomic E-state index is -0.833. The number of aromatic hydroxyl groups is 1. The highest BCUT2D eigenvalue weighted by atomic mass is 35.5. The summed E-state index contributed by atoms with van der Waals surface area (Å²) < 4.78 is 0. The van der Waals surface area contributed by atoms with Crippen molar-refractivity contribution in [1.29, 1.82) is 0 Å². The molecule has 2 aromatic carbocycles. The molecule has 0 heterocycles. The molecule has 0 spiro atoms. The summed E-state index contributed by atoms with van der Waals surface area (Å²) in [4.78, 5) is 9.00. The van der Waals surface area contributed by atoms with Crippen molar-refractivity contribution in [3.05, 3.63) is 57.6 Å². The van der Waals surface area contributed by atoms with Gasteiger partial charge in [-0.05, 0) is 55.3 Å². The number of carboxylic acid groups (broad SMARTS) is 1. The molecular weight excluding hydrogens is 391 g/mol. The Morgan fingerprint density at radius 2 is 1.67 bits per heavy atom. The van der Waals surface area contributed by atoms with Gasteiger partial charge in [0.05, 0.1) is 21.8 Å². The first kappa shape index (κ1) is 23.0. The zero-order chi connectivity index (χ0) is 20.6. The van der Waals surface area contributed by atoms with Gasteiger partial charge in [0.25, 0.3) is 5.97 Å². The number of phenols is 1. The smallest absolute Gasteiger partial charge is 0.300 e. The number of aliphatic hydroxyl groups excluding tert-OH is 1. The van der Waals surface area contributed by atoms with E-state index in [9.17, 15) is 10.2 Å². The third-order valence-corrected chi connectivity index (χ3v) is 4.35. The lowest BCUT2D eigenvalue weighted by atomic mass is 10.0. The summed E-state index contributed by atoms with van der Waals surface area (Å²) in [6.07, 6.45) is 0.0565. The second-order valence-corrected chi connectivity index (χ2v) is 6.84. The molecule has 0 radical (unpaired) electrons. The predicted molar refractivity (Wildman–Crippen MR) is 108 cm³/mol. The standard InChI is InChI=1S/C17H20Cl2N2O2.C2H4O2/c1-10(17(23)12-2-4-13(22)5-3-12)21-7-6-11-8-14(18)16(20)15(19)9-11;1-2(3)4/h2-5,8-10,17,21-23H,6-7,20H2,1H3;1H3,(H,3,4)/t10-,17-;/m0./s1. The summed E-state index contributed by atoms with van der Waals surface area (Å²) in [5, 5.41) is 31.2. The van der Waals surface area contributed by atoms with E-state index >= 15 is 0 Å². The van der Waals surface area contributed by atoms with Crippen molar-refractivity contribution in [3.8, 4) is 5.75 Å². The summed E-state index contributed by atoms with van der Waals surface area (Å²) in [5.41, 5.74) is 7.83. The van der Waals surface area contributed by atoms with Crippen LogP contribution in [-0.2, 0) is 11.2 Å². The summed E-state index contributed by atoms with van der Waals surface area (Å²) in [6, 6.07) is 9.99. The van der Waals surface area contributed by atoms with Crippen LogP contribution in [0.5, 0.6) is 5.75 Å². The van der Waals surface area contributed by atoms with Crippen molar-refractivity contribution in [2.75, 3.05) is 12.3 Å². The number of nitrogen functional groups attached to an aromatic ring is 1. The van der Waals surface area contributed by atoms with Crippen molar-refractivity contribution in [1.82, 2.24) is 5.32 Å². The third-order valence-electron chi connectivity index (χ3n) is 3.73. The molecule has 6 nitrogen and oxygen atoms in total. The fraction of sp³-hybridized carbons (Fsp3) is 0.316. The first-order valence-corrected chi connectivity index (χ1v) is 9.00. The maximum Gasteiger partial charge on any atom is 0.300 e. The number of phenolic OH excluding ortho intramolecular Hbond substituents is 1. The molecular formula is C19H24Cl2N2O4. The minimum Gasteiger partial charge on any atom is -0.508 e. The third kappa shape index (κ3) is 8.05. The quantitative estimate of drug-likeness (QED) is 0.460. The van der Waals surface area contributed by atoms with Gasteiger partial charge in [0.2, 0.25) is 0 Å². The van der Waals surface area contributed by atoms with E-state index in [1.807, 2.05) is 6.92 Å². The number of halogens is 2. The highest BCUT2D eigenvalue weighted by molar-refractivity contribution is 6.38. The maximum absolute atomic E-state index is 10.3. The molecule has 0 aliphatic rings. The maximum atomic E-state index is 10.3. The van der Waals surface area contributed by atoms with E-state index in [2.05, 4.69) is 5.32 Å². The van der Waals surface area contributed by atoms with E-state index < -0.39 is 12.1 Å². The van der Waals surface area contributed by atoms with Crippen LogP contribution < -0.4 is 11.1 Å². The fourth-order valence-electron chi connectivity index (χ4n) is 2.30. The number of benzene rings is 2. The van der Waals surface area contributed by atoms with Crippen molar-refractivity contribution < 1.29 is 20.1 Å². The normalized spacial score (nSPS) is 12.6. The van der Waals surface area contributed by atoms with Gasteiger partial charge < -0.3 is 26.4 Å². The SMILES string of the molecule is CC(=O)O.C[C@H](NCCc1cc(Cl)c(N)c(Cl)c1)[C@H](O)c1ccc(O)cc1. The molecule has 0 aromatic heterocycles. The number of aliphatic carboxylic acids is 1. The molecule has 0 fully saturated rings. The Hall–Kier alpha value is -1.99. The highest BCUT2D eigenvalue weighted by Gasteiger charge is 2.15. The lowest BCUT2D eigenvalue weighted by molar-refractivity contribution is -0.134. The minimum absolute atomic E-state index is 0.140. The van der Waals surface area contributed by atoms with E-state index in [-0.39, 0.29) is 11.8 Å².